The fourth-order valence-electron chi connectivity index (χ4n) is 2.70. The Hall–Kier alpha value is -1.95. The molecule has 0 aliphatic carbocycles. The molecule has 0 aliphatic rings. The highest BCUT2D eigenvalue weighted by molar-refractivity contribution is 6.35. The third-order valence-electron chi connectivity index (χ3n) is 4.18. The number of carbonyl (C=O) groups excluding carboxylic acids is 2. The molecule has 0 aliphatic heterocycles. The van der Waals surface area contributed by atoms with Crippen molar-refractivity contribution in [1.82, 2.24) is 10.2 Å². The summed E-state index contributed by atoms with van der Waals surface area (Å²) in [4.78, 5) is 26.7. The first kappa shape index (κ1) is 22.3. The van der Waals surface area contributed by atoms with Gasteiger partial charge in [-0.2, -0.15) is 0 Å². The molecule has 5 nitrogen and oxygen atoms in total. The van der Waals surface area contributed by atoms with E-state index in [0.717, 1.165) is 0 Å². The summed E-state index contributed by atoms with van der Waals surface area (Å²) in [7, 11) is 1.53. The maximum Gasteiger partial charge on any atom is 0.261 e. The van der Waals surface area contributed by atoms with Gasteiger partial charge in [0, 0.05) is 23.6 Å². The van der Waals surface area contributed by atoms with E-state index < -0.39 is 6.04 Å². The van der Waals surface area contributed by atoms with Crippen molar-refractivity contribution in [2.75, 3.05) is 13.7 Å². The molecule has 2 aromatic rings. The number of hydrogen-bond donors (Lipinski definition) is 1. The minimum Gasteiger partial charge on any atom is -0.482 e. The van der Waals surface area contributed by atoms with Crippen molar-refractivity contribution in [3.8, 4) is 5.75 Å². The van der Waals surface area contributed by atoms with Gasteiger partial charge in [0.1, 0.15) is 11.8 Å². The summed E-state index contributed by atoms with van der Waals surface area (Å²) in [5.41, 5.74) is 0.680. The quantitative estimate of drug-likeness (QED) is 0.650. The van der Waals surface area contributed by atoms with E-state index in [1.807, 2.05) is 6.92 Å². The van der Waals surface area contributed by atoms with Crippen molar-refractivity contribution in [2.45, 2.75) is 25.9 Å². The van der Waals surface area contributed by atoms with Crippen LogP contribution in [-0.2, 0) is 16.1 Å². The molecule has 0 saturated heterocycles. The molecular formula is C20H21Cl3N2O3. The summed E-state index contributed by atoms with van der Waals surface area (Å²) >= 11 is 18.3. The highest BCUT2D eigenvalue weighted by atomic mass is 35.5. The van der Waals surface area contributed by atoms with Gasteiger partial charge in [-0.3, -0.25) is 9.59 Å². The van der Waals surface area contributed by atoms with Gasteiger partial charge in [0.2, 0.25) is 5.91 Å². The van der Waals surface area contributed by atoms with E-state index in [0.29, 0.717) is 32.8 Å². The van der Waals surface area contributed by atoms with E-state index in [4.69, 9.17) is 39.5 Å². The van der Waals surface area contributed by atoms with Gasteiger partial charge in [-0.1, -0.05) is 59.9 Å². The minimum atomic E-state index is -0.668. The van der Waals surface area contributed by atoms with E-state index in [1.54, 1.807) is 42.5 Å². The average Bonchev–Trinajstić information content (AvgIpc) is 2.68. The topological polar surface area (TPSA) is 58.6 Å². The van der Waals surface area contributed by atoms with Crippen LogP contribution in [0.15, 0.2) is 42.5 Å². The maximum absolute atomic E-state index is 12.9. The van der Waals surface area contributed by atoms with Crippen LogP contribution in [-0.4, -0.2) is 36.4 Å². The van der Waals surface area contributed by atoms with Crippen LogP contribution in [0.1, 0.15) is 18.9 Å². The third kappa shape index (κ3) is 5.77. The molecule has 0 heterocycles. The second kappa shape index (κ2) is 10.6. The Balaban J connectivity index is 2.24. The molecule has 0 aromatic heterocycles. The third-order valence-corrected chi connectivity index (χ3v) is 5.08. The molecule has 0 fully saturated rings. The number of nitrogens with zero attached hydrogens (tertiary/aromatic N) is 1. The van der Waals surface area contributed by atoms with E-state index in [9.17, 15) is 9.59 Å². The Labute approximate surface area is 179 Å². The molecule has 0 radical (unpaired) electrons. The van der Waals surface area contributed by atoms with Crippen molar-refractivity contribution in [1.29, 1.82) is 0 Å². The minimum absolute atomic E-state index is 0.145. The monoisotopic (exact) mass is 442 g/mol. The Morgan fingerprint density at radius 2 is 1.82 bits per heavy atom. The molecule has 150 valence electrons. The second-order valence-corrected chi connectivity index (χ2v) is 7.27. The highest BCUT2D eigenvalue weighted by Crippen LogP contribution is 2.25. The summed E-state index contributed by atoms with van der Waals surface area (Å²) in [6.07, 6.45) is 0.433. The van der Waals surface area contributed by atoms with Crippen LogP contribution in [0.2, 0.25) is 15.1 Å². The van der Waals surface area contributed by atoms with Gasteiger partial charge >= 0.3 is 0 Å². The average molecular weight is 444 g/mol. The van der Waals surface area contributed by atoms with E-state index in [1.165, 1.54) is 11.9 Å². The fraction of sp³-hybridized carbons (Fsp3) is 0.300. The van der Waals surface area contributed by atoms with Gasteiger partial charge in [0.25, 0.3) is 5.91 Å². The molecule has 1 N–H and O–H groups in total. The van der Waals surface area contributed by atoms with Crippen LogP contribution < -0.4 is 10.1 Å². The first-order valence-corrected chi connectivity index (χ1v) is 9.83. The number of amides is 2. The van der Waals surface area contributed by atoms with E-state index in [2.05, 4.69) is 5.32 Å². The lowest BCUT2D eigenvalue weighted by Gasteiger charge is -2.30. The van der Waals surface area contributed by atoms with Crippen molar-refractivity contribution in [3.05, 3.63) is 63.1 Å². The first-order valence-electron chi connectivity index (χ1n) is 8.69. The number of rotatable bonds is 8. The van der Waals surface area contributed by atoms with Gasteiger partial charge in [-0.25, -0.2) is 0 Å². The Kier molecular flexibility index (Phi) is 8.42. The molecule has 0 bridgehead atoms. The SMILES string of the molecule is CCC(C(=O)NC)N(Cc1ccc(Cl)cc1Cl)C(=O)COc1ccccc1Cl. The van der Waals surface area contributed by atoms with Gasteiger partial charge < -0.3 is 15.0 Å². The van der Waals surface area contributed by atoms with Crippen LogP contribution in [0.3, 0.4) is 0 Å². The van der Waals surface area contributed by atoms with Gasteiger partial charge in [0.05, 0.1) is 5.02 Å². The maximum atomic E-state index is 12.9. The Morgan fingerprint density at radius 1 is 1.11 bits per heavy atom. The number of para-hydroxylation sites is 1. The number of halogens is 3. The van der Waals surface area contributed by atoms with Crippen molar-refractivity contribution in [2.24, 2.45) is 0 Å². The molecule has 2 amide bonds. The zero-order chi connectivity index (χ0) is 20.7. The van der Waals surface area contributed by atoms with Gasteiger partial charge in [-0.05, 0) is 36.2 Å². The Morgan fingerprint density at radius 3 is 2.43 bits per heavy atom. The predicted octanol–water partition coefficient (Wildman–Crippen LogP) is 4.58. The first-order chi connectivity index (χ1) is 13.4. The van der Waals surface area contributed by atoms with Gasteiger partial charge in [-0.15, -0.1) is 0 Å². The summed E-state index contributed by atoms with van der Waals surface area (Å²) in [6.45, 7) is 1.72. The van der Waals surface area contributed by atoms with Crippen LogP contribution in [0.25, 0.3) is 0 Å². The number of ether oxygens (including phenoxy) is 1. The highest BCUT2D eigenvalue weighted by Gasteiger charge is 2.29. The number of carbonyl (C=O) groups is 2. The smallest absolute Gasteiger partial charge is 0.261 e. The van der Waals surface area contributed by atoms with Crippen LogP contribution in [0.5, 0.6) is 5.75 Å². The van der Waals surface area contributed by atoms with Crippen LogP contribution in [0.4, 0.5) is 0 Å². The molecule has 0 saturated carbocycles. The van der Waals surface area contributed by atoms with Crippen molar-refractivity contribution >= 4 is 46.6 Å². The lowest BCUT2D eigenvalue weighted by Crippen LogP contribution is -2.49. The fourth-order valence-corrected chi connectivity index (χ4v) is 3.36. The molecule has 1 unspecified atom stereocenters. The number of benzene rings is 2. The largest absolute Gasteiger partial charge is 0.482 e. The van der Waals surface area contributed by atoms with Gasteiger partial charge in [0.15, 0.2) is 6.61 Å². The molecular weight excluding hydrogens is 423 g/mol. The summed E-state index contributed by atoms with van der Waals surface area (Å²) in [6, 6.07) is 11.2. The zero-order valence-corrected chi connectivity index (χ0v) is 17.8. The molecule has 2 aromatic carbocycles. The Bertz CT molecular complexity index is 845. The van der Waals surface area contributed by atoms with Crippen molar-refractivity contribution in [3.63, 3.8) is 0 Å². The summed E-state index contributed by atoms with van der Waals surface area (Å²) < 4.78 is 5.57. The number of nitrogens with one attached hydrogen (secondary N) is 1. The number of hydrogen-bond acceptors (Lipinski definition) is 3. The molecule has 28 heavy (non-hydrogen) atoms. The summed E-state index contributed by atoms with van der Waals surface area (Å²) in [5, 5.41) is 3.91. The second-order valence-electron chi connectivity index (χ2n) is 6.01. The van der Waals surface area contributed by atoms with Crippen LogP contribution in [0, 0.1) is 0 Å². The van der Waals surface area contributed by atoms with E-state index >= 15 is 0 Å². The lowest BCUT2D eigenvalue weighted by atomic mass is 10.1. The number of likely N-dealkylation sites (N-methyl/N-ethyl adjacent to an activating group) is 1. The van der Waals surface area contributed by atoms with Crippen LogP contribution >= 0.6 is 34.8 Å². The molecule has 1 atom stereocenters. The lowest BCUT2D eigenvalue weighted by molar-refractivity contribution is -0.142. The standard InChI is InChI=1S/C20H21Cl3N2O3/c1-3-17(20(27)24-2)25(11-13-8-9-14(21)10-16(13)23)19(26)12-28-18-7-5-4-6-15(18)22/h4-10,17H,3,11-12H2,1-2H3,(H,24,27). The zero-order valence-electron chi connectivity index (χ0n) is 15.5. The summed E-state index contributed by atoms with van der Waals surface area (Å²) in [5.74, 6) is -0.227. The van der Waals surface area contributed by atoms with E-state index in [-0.39, 0.29) is 25.0 Å². The molecule has 8 heteroatoms. The van der Waals surface area contributed by atoms with Crippen molar-refractivity contribution < 1.29 is 14.3 Å². The predicted molar refractivity (Wildman–Crippen MR) is 112 cm³/mol. The normalized spacial score (nSPS) is 11.6. The molecule has 2 rings (SSSR count). The molecule has 0 spiro atoms.